The molecule has 2 heterocycles. The number of nitriles is 1. The number of aryl methyl sites for hydroxylation is 1. The van der Waals surface area contributed by atoms with Crippen LogP contribution in [-0.2, 0) is 17.8 Å². The number of aromatic nitrogens is 1. The molecule has 18 heavy (non-hydrogen) atoms. The van der Waals surface area contributed by atoms with E-state index in [1.165, 1.54) is 18.4 Å². The molecule has 4 heteroatoms. The zero-order valence-electron chi connectivity index (χ0n) is 11.2. The Kier molecular flexibility index (Phi) is 4.40. The van der Waals surface area contributed by atoms with Gasteiger partial charge in [0.15, 0.2) is 0 Å². The molecule has 1 unspecified atom stereocenters. The SMILES string of the molecule is CCn1cc(CN(C)CC2CCCO2)cc1C#N. The third-order valence-electron chi connectivity index (χ3n) is 3.40. The van der Waals surface area contributed by atoms with E-state index in [0.29, 0.717) is 6.10 Å². The van der Waals surface area contributed by atoms with Crippen LogP contribution in [0.1, 0.15) is 31.0 Å². The molecule has 1 fully saturated rings. The fourth-order valence-electron chi connectivity index (χ4n) is 2.52. The van der Waals surface area contributed by atoms with Crippen molar-refractivity contribution in [3.05, 3.63) is 23.5 Å². The fourth-order valence-corrected chi connectivity index (χ4v) is 2.52. The molecule has 1 aliphatic rings. The van der Waals surface area contributed by atoms with E-state index in [9.17, 15) is 0 Å². The largest absolute Gasteiger partial charge is 0.377 e. The molecule has 0 aliphatic carbocycles. The molecule has 0 spiro atoms. The summed E-state index contributed by atoms with van der Waals surface area (Å²) in [5, 5.41) is 9.02. The molecule has 0 bridgehead atoms. The highest BCUT2D eigenvalue weighted by Crippen LogP contribution is 2.15. The lowest BCUT2D eigenvalue weighted by Crippen LogP contribution is -2.28. The first kappa shape index (κ1) is 13.1. The van der Waals surface area contributed by atoms with E-state index in [2.05, 4.69) is 31.1 Å². The molecule has 1 atom stereocenters. The summed E-state index contributed by atoms with van der Waals surface area (Å²) in [6.07, 6.45) is 4.82. The minimum Gasteiger partial charge on any atom is -0.377 e. The predicted octanol–water partition coefficient (Wildman–Crippen LogP) is 1.99. The second-order valence-electron chi connectivity index (χ2n) is 4.96. The Morgan fingerprint density at radius 2 is 2.44 bits per heavy atom. The van der Waals surface area contributed by atoms with E-state index in [-0.39, 0.29) is 0 Å². The van der Waals surface area contributed by atoms with Gasteiger partial charge in [-0.3, -0.25) is 4.90 Å². The Morgan fingerprint density at radius 1 is 1.61 bits per heavy atom. The topological polar surface area (TPSA) is 41.2 Å². The van der Waals surface area contributed by atoms with Gasteiger partial charge in [0.25, 0.3) is 0 Å². The number of rotatable bonds is 5. The van der Waals surface area contributed by atoms with Crippen molar-refractivity contribution in [2.75, 3.05) is 20.2 Å². The van der Waals surface area contributed by atoms with Gasteiger partial charge in [-0.05, 0) is 38.4 Å². The van der Waals surface area contributed by atoms with Gasteiger partial charge >= 0.3 is 0 Å². The third-order valence-corrected chi connectivity index (χ3v) is 3.40. The number of hydrogen-bond acceptors (Lipinski definition) is 3. The van der Waals surface area contributed by atoms with E-state index in [1.54, 1.807) is 0 Å². The molecule has 0 radical (unpaired) electrons. The smallest absolute Gasteiger partial charge is 0.120 e. The Bertz CT molecular complexity index is 427. The first-order chi connectivity index (χ1) is 8.72. The summed E-state index contributed by atoms with van der Waals surface area (Å²) in [6.45, 7) is 5.66. The maximum Gasteiger partial charge on any atom is 0.120 e. The van der Waals surface area contributed by atoms with Crippen molar-refractivity contribution >= 4 is 0 Å². The Labute approximate surface area is 109 Å². The maximum absolute atomic E-state index is 9.02. The molecule has 98 valence electrons. The average Bonchev–Trinajstić information content (AvgIpc) is 2.97. The summed E-state index contributed by atoms with van der Waals surface area (Å²) in [6, 6.07) is 4.21. The highest BCUT2D eigenvalue weighted by atomic mass is 16.5. The van der Waals surface area contributed by atoms with Crippen LogP contribution in [0.15, 0.2) is 12.3 Å². The van der Waals surface area contributed by atoms with Crippen LogP contribution >= 0.6 is 0 Å². The van der Waals surface area contributed by atoms with Crippen LogP contribution in [0.25, 0.3) is 0 Å². The van der Waals surface area contributed by atoms with E-state index in [4.69, 9.17) is 10.00 Å². The molecule has 1 saturated heterocycles. The molecule has 2 rings (SSSR count). The van der Waals surface area contributed by atoms with Crippen molar-refractivity contribution in [3.8, 4) is 6.07 Å². The summed E-state index contributed by atoms with van der Waals surface area (Å²) >= 11 is 0. The molecule has 0 amide bonds. The highest BCUT2D eigenvalue weighted by Gasteiger charge is 2.17. The van der Waals surface area contributed by atoms with Gasteiger partial charge in [0.05, 0.1) is 6.10 Å². The lowest BCUT2D eigenvalue weighted by molar-refractivity contribution is 0.0793. The number of ether oxygens (including phenoxy) is 1. The van der Waals surface area contributed by atoms with Gasteiger partial charge in [-0.1, -0.05) is 0 Å². The van der Waals surface area contributed by atoms with Gasteiger partial charge in [0, 0.05) is 32.4 Å². The van der Waals surface area contributed by atoms with E-state index >= 15 is 0 Å². The lowest BCUT2D eigenvalue weighted by Gasteiger charge is -2.19. The summed E-state index contributed by atoms with van der Waals surface area (Å²) in [4.78, 5) is 2.27. The third kappa shape index (κ3) is 3.12. The van der Waals surface area contributed by atoms with Crippen LogP contribution in [0.2, 0.25) is 0 Å². The van der Waals surface area contributed by atoms with E-state index in [0.717, 1.165) is 31.9 Å². The van der Waals surface area contributed by atoms with Crippen LogP contribution < -0.4 is 0 Å². The van der Waals surface area contributed by atoms with Crippen molar-refractivity contribution in [2.45, 2.75) is 39.0 Å². The van der Waals surface area contributed by atoms with Gasteiger partial charge in [0.2, 0.25) is 0 Å². The molecule has 0 saturated carbocycles. The number of nitrogens with zero attached hydrogens (tertiary/aromatic N) is 3. The summed E-state index contributed by atoms with van der Waals surface area (Å²) in [5.41, 5.74) is 1.95. The first-order valence-electron chi connectivity index (χ1n) is 6.62. The van der Waals surface area contributed by atoms with Crippen molar-refractivity contribution < 1.29 is 4.74 Å². The summed E-state index contributed by atoms with van der Waals surface area (Å²) in [7, 11) is 2.11. The standard InChI is InChI=1S/C14H21N3O/c1-3-17-10-12(7-13(17)8-15)9-16(2)11-14-5-4-6-18-14/h7,10,14H,3-6,9,11H2,1-2H3. The minimum absolute atomic E-state index is 0.388. The Morgan fingerprint density at radius 3 is 3.00 bits per heavy atom. The maximum atomic E-state index is 9.02. The lowest BCUT2D eigenvalue weighted by atomic mass is 10.2. The van der Waals surface area contributed by atoms with Gasteiger partial charge in [-0.15, -0.1) is 0 Å². The van der Waals surface area contributed by atoms with Gasteiger partial charge in [0.1, 0.15) is 11.8 Å². The average molecular weight is 247 g/mol. The summed E-state index contributed by atoms with van der Waals surface area (Å²) in [5.74, 6) is 0. The van der Waals surface area contributed by atoms with Crippen molar-refractivity contribution in [1.29, 1.82) is 5.26 Å². The Hall–Kier alpha value is -1.31. The number of likely N-dealkylation sites (N-methyl/N-ethyl adjacent to an activating group) is 1. The second-order valence-corrected chi connectivity index (χ2v) is 4.96. The molecule has 0 N–H and O–H groups in total. The van der Waals surface area contributed by atoms with Crippen LogP contribution in [0, 0.1) is 11.3 Å². The zero-order chi connectivity index (χ0) is 13.0. The minimum atomic E-state index is 0.388. The first-order valence-corrected chi connectivity index (χ1v) is 6.62. The molecule has 4 nitrogen and oxygen atoms in total. The highest BCUT2D eigenvalue weighted by molar-refractivity contribution is 5.28. The number of hydrogen-bond donors (Lipinski definition) is 0. The molecule has 1 aromatic heterocycles. The normalized spacial score (nSPS) is 19.3. The molecule has 0 aromatic carbocycles. The van der Waals surface area contributed by atoms with Gasteiger partial charge < -0.3 is 9.30 Å². The Balaban J connectivity index is 1.92. The van der Waals surface area contributed by atoms with Crippen LogP contribution in [0.5, 0.6) is 0 Å². The van der Waals surface area contributed by atoms with Crippen LogP contribution in [-0.4, -0.2) is 35.8 Å². The molecular weight excluding hydrogens is 226 g/mol. The van der Waals surface area contributed by atoms with Crippen LogP contribution in [0.4, 0.5) is 0 Å². The van der Waals surface area contributed by atoms with Crippen LogP contribution in [0.3, 0.4) is 0 Å². The van der Waals surface area contributed by atoms with E-state index in [1.807, 2.05) is 10.6 Å². The molecule has 1 aromatic rings. The van der Waals surface area contributed by atoms with Gasteiger partial charge in [-0.25, -0.2) is 0 Å². The predicted molar refractivity (Wildman–Crippen MR) is 70.1 cm³/mol. The monoisotopic (exact) mass is 247 g/mol. The van der Waals surface area contributed by atoms with Gasteiger partial charge in [-0.2, -0.15) is 5.26 Å². The quantitative estimate of drug-likeness (QED) is 0.799. The van der Waals surface area contributed by atoms with Crippen molar-refractivity contribution in [3.63, 3.8) is 0 Å². The van der Waals surface area contributed by atoms with Crippen molar-refractivity contribution in [1.82, 2.24) is 9.47 Å². The fraction of sp³-hybridized carbons (Fsp3) is 0.643. The molecular formula is C14H21N3O. The summed E-state index contributed by atoms with van der Waals surface area (Å²) < 4.78 is 7.63. The van der Waals surface area contributed by atoms with E-state index < -0.39 is 0 Å². The molecule has 1 aliphatic heterocycles. The second kappa shape index (κ2) is 6.03. The van der Waals surface area contributed by atoms with Crippen molar-refractivity contribution in [2.24, 2.45) is 0 Å². The zero-order valence-corrected chi connectivity index (χ0v) is 11.2.